The maximum absolute atomic E-state index is 12.6. The highest BCUT2D eigenvalue weighted by Crippen LogP contribution is 2.24. The summed E-state index contributed by atoms with van der Waals surface area (Å²) in [7, 11) is -0.413. The third-order valence-electron chi connectivity index (χ3n) is 5.99. The van der Waals surface area contributed by atoms with Crippen LogP contribution in [0.15, 0.2) is 53.4 Å². The molecule has 1 saturated heterocycles. The van der Waals surface area contributed by atoms with Crippen LogP contribution in [0.5, 0.6) is 0 Å². The van der Waals surface area contributed by atoms with Gasteiger partial charge in [-0.1, -0.05) is 30.3 Å². The highest BCUT2D eigenvalue weighted by atomic mass is 32.2. The van der Waals surface area contributed by atoms with E-state index in [1.54, 1.807) is 26.2 Å². The number of ether oxygens (including phenoxy) is 1. The Balaban J connectivity index is 1.65. The second-order valence-corrected chi connectivity index (χ2v) is 10.7. The summed E-state index contributed by atoms with van der Waals surface area (Å²) in [6.45, 7) is 6.03. The first-order valence-corrected chi connectivity index (χ1v) is 12.6. The molecule has 1 unspecified atom stereocenters. The highest BCUT2D eigenvalue weighted by Gasteiger charge is 2.23. The Bertz CT molecular complexity index is 1150. The normalized spacial score (nSPS) is 17.1. The smallest absolute Gasteiger partial charge is 0.242 e. The number of imidazole rings is 1. The molecule has 1 aliphatic rings. The number of nitrogens with zero attached hydrogens (tertiary/aromatic N) is 4. The van der Waals surface area contributed by atoms with E-state index in [4.69, 9.17) is 9.72 Å². The lowest BCUT2D eigenvalue weighted by Crippen LogP contribution is -2.32. The number of aryl methyl sites for hydroxylation is 1. The molecular formula is C24H32N4O3S. The molecule has 8 heteroatoms. The van der Waals surface area contributed by atoms with Crippen LogP contribution in [0, 0.1) is 0 Å². The van der Waals surface area contributed by atoms with Gasteiger partial charge in [-0.05, 0) is 43.5 Å². The van der Waals surface area contributed by atoms with Crippen molar-refractivity contribution < 1.29 is 13.2 Å². The topological polar surface area (TPSA) is 67.7 Å². The van der Waals surface area contributed by atoms with Gasteiger partial charge in [-0.25, -0.2) is 17.7 Å². The van der Waals surface area contributed by atoms with Crippen LogP contribution in [0.25, 0.3) is 11.0 Å². The van der Waals surface area contributed by atoms with Crippen LogP contribution in [-0.4, -0.2) is 60.5 Å². The van der Waals surface area contributed by atoms with Gasteiger partial charge < -0.3 is 9.30 Å². The fourth-order valence-electron chi connectivity index (χ4n) is 4.31. The summed E-state index contributed by atoms with van der Waals surface area (Å²) in [5.41, 5.74) is 2.92. The van der Waals surface area contributed by atoms with E-state index in [9.17, 15) is 8.42 Å². The fraction of sp³-hybridized carbons (Fsp3) is 0.458. The van der Waals surface area contributed by atoms with Gasteiger partial charge in [-0.2, -0.15) is 0 Å². The van der Waals surface area contributed by atoms with E-state index in [-0.39, 0.29) is 11.0 Å². The molecule has 0 saturated carbocycles. The minimum absolute atomic E-state index is 0.245. The molecular weight excluding hydrogens is 424 g/mol. The molecule has 1 atom stereocenters. The van der Waals surface area contributed by atoms with Crippen molar-refractivity contribution in [3.05, 3.63) is 59.9 Å². The van der Waals surface area contributed by atoms with Crippen molar-refractivity contribution in [1.29, 1.82) is 0 Å². The number of sulfonamides is 1. The van der Waals surface area contributed by atoms with Gasteiger partial charge in [0, 0.05) is 40.3 Å². The van der Waals surface area contributed by atoms with Gasteiger partial charge in [0.1, 0.15) is 5.82 Å². The number of rotatable bonds is 9. The van der Waals surface area contributed by atoms with E-state index >= 15 is 0 Å². The summed E-state index contributed by atoms with van der Waals surface area (Å²) in [4.78, 5) is 7.52. The average Bonchev–Trinajstić information content (AvgIpc) is 3.40. The van der Waals surface area contributed by atoms with Crippen LogP contribution >= 0.6 is 0 Å². The maximum atomic E-state index is 12.6. The van der Waals surface area contributed by atoms with Gasteiger partial charge in [0.2, 0.25) is 10.0 Å². The molecule has 0 radical (unpaired) electrons. The first-order chi connectivity index (χ1) is 15.4. The monoisotopic (exact) mass is 456 g/mol. The average molecular weight is 457 g/mol. The van der Waals surface area contributed by atoms with Gasteiger partial charge in [-0.15, -0.1) is 0 Å². The van der Waals surface area contributed by atoms with Crippen LogP contribution in [-0.2, 0) is 34.4 Å². The largest absolute Gasteiger partial charge is 0.377 e. The Morgan fingerprint density at radius 2 is 1.91 bits per heavy atom. The molecule has 0 aliphatic carbocycles. The molecule has 0 spiro atoms. The van der Waals surface area contributed by atoms with Crippen molar-refractivity contribution in [1.82, 2.24) is 18.8 Å². The van der Waals surface area contributed by atoms with Gasteiger partial charge in [0.05, 0.1) is 28.6 Å². The molecule has 32 heavy (non-hydrogen) atoms. The molecule has 0 amide bonds. The number of benzene rings is 2. The van der Waals surface area contributed by atoms with Crippen LogP contribution < -0.4 is 0 Å². The second-order valence-electron chi connectivity index (χ2n) is 8.50. The van der Waals surface area contributed by atoms with Crippen LogP contribution in [0.3, 0.4) is 0 Å². The highest BCUT2D eigenvalue weighted by molar-refractivity contribution is 7.89. The fourth-order valence-corrected chi connectivity index (χ4v) is 5.23. The minimum Gasteiger partial charge on any atom is -0.377 e. The summed E-state index contributed by atoms with van der Waals surface area (Å²) >= 11 is 0. The predicted octanol–water partition coefficient (Wildman–Crippen LogP) is 3.49. The molecule has 1 fully saturated rings. The Labute approximate surface area is 190 Å². The lowest BCUT2D eigenvalue weighted by Gasteiger charge is -2.25. The van der Waals surface area contributed by atoms with Gasteiger partial charge in [0.15, 0.2) is 0 Å². The summed E-state index contributed by atoms with van der Waals surface area (Å²) in [6.07, 6.45) is 2.44. The quantitative estimate of drug-likeness (QED) is 0.493. The Morgan fingerprint density at radius 3 is 2.56 bits per heavy atom. The van der Waals surface area contributed by atoms with Crippen molar-refractivity contribution in [2.24, 2.45) is 0 Å². The molecule has 4 rings (SSSR count). The van der Waals surface area contributed by atoms with E-state index in [2.05, 4.69) is 40.7 Å². The zero-order valence-corrected chi connectivity index (χ0v) is 19.9. The molecule has 2 heterocycles. The van der Waals surface area contributed by atoms with E-state index in [0.717, 1.165) is 50.4 Å². The van der Waals surface area contributed by atoms with E-state index in [1.807, 2.05) is 12.1 Å². The Kier molecular flexibility index (Phi) is 6.95. The zero-order chi connectivity index (χ0) is 22.7. The van der Waals surface area contributed by atoms with E-state index in [1.165, 1.54) is 9.87 Å². The van der Waals surface area contributed by atoms with Crippen molar-refractivity contribution in [3.8, 4) is 0 Å². The first kappa shape index (κ1) is 22.9. The van der Waals surface area contributed by atoms with Gasteiger partial charge >= 0.3 is 0 Å². The number of hydrogen-bond acceptors (Lipinski definition) is 5. The molecule has 0 bridgehead atoms. The lowest BCUT2D eigenvalue weighted by molar-refractivity contribution is 0.0667. The standard InChI is InChI=1S/C24H32N4O3S/c1-4-28-23-13-12-21(32(29,30)26(2)3)15-22(23)25-24(28)18-27(17-20-11-8-14-31-20)16-19-9-6-5-7-10-19/h5-7,9-10,12-13,15,20H,4,8,11,14,16-18H2,1-3H3. The zero-order valence-electron chi connectivity index (χ0n) is 19.1. The van der Waals surface area contributed by atoms with Crippen molar-refractivity contribution in [2.45, 2.75) is 50.4 Å². The number of hydrogen-bond donors (Lipinski definition) is 0. The summed E-state index contributed by atoms with van der Waals surface area (Å²) in [5.74, 6) is 0.941. The first-order valence-electron chi connectivity index (χ1n) is 11.2. The van der Waals surface area contributed by atoms with Crippen molar-refractivity contribution in [3.63, 3.8) is 0 Å². The summed E-state index contributed by atoms with van der Waals surface area (Å²) in [6, 6.07) is 15.7. The predicted molar refractivity (Wildman–Crippen MR) is 126 cm³/mol. The third kappa shape index (κ3) is 4.88. The molecule has 2 aromatic carbocycles. The molecule has 7 nitrogen and oxygen atoms in total. The molecule has 172 valence electrons. The second kappa shape index (κ2) is 9.70. The minimum atomic E-state index is -3.50. The molecule has 0 N–H and O–H groups in total. The van der Waals surface area contributed by atoms with E-state index in [0.29, 0.717) is 12.1 Å². The number of aromatic nitrogens is 2. The van der Waals surface area contributed by atoms with Crippen molar-refractivity contribution >= 4 is 21.1 Å². The lowest BCUT2D eigenvalue weighted by atomic mass is 10.2. The van der Waals surface area contributed by atoms with Crippen LogP contribution in [0.2, 0.25) is 0 Å². The number of fused-ring (bicyclic) bond motifs is 1. The van der Waals surface area contributed by atoms with Gasteiger partial charge in [0.25, 0.3) is 0 Å². The van der Waals surface area contributed by atoms with Crippen molar-refractivity contribution in [2.75, 3.05) is 27.2 Å². The third-order valence-corrected chi connectivity index (χ3v) is 7.80. The summed E-state index contributed by atoms with van der Waals surface area (Å²) in [5, 5.41) is 0. The van der Waals surface area contributed by atoms with Crippen LogP contribution in [0.1, 0.15) is 31.2 Å². The molecule has 1 aromatic heterocycles. The maximum Gasteiger partial charge on any atom is 0.242 e. The van der Waals surface area contributed by atoms with Crippen LogP contribution in [0.4, 0.5) is 0 Å². The SMILES string of the molecule is CCn1c(CN(Cc2ccccc2)CC2CCCO2)nc2cc(S(=O)(=O)N(C)C)ccc21. The Hall–Kier alpha value is -2.26. The molecule has 3 aromatic rings. The Morgan fingerprint density at radius 1 is 1.12 bits per heavy atom. The van der Waals surface area contributed by atoms with Gasteiger partial charge in [-0.3, -0.25) is 4.90 Å². The summed E-state index contributed by atoms with van der Waals surface area (Å²) < 4.78 is 34.5. The molecule has 1 aliphatic heterocycles. The van der Waals surface area contributed by atoms with E-state index < -0.39 is 10.0 Å².